The van der Waals surface area contributed by atoms with Gasteiger partial charge in [0, 0.05) is 11.3 Å². The van der Waals surface area contributed by atoms with E-state index in [9.17, 15) is 27.2 Å². The highest BCUT2D eigenvalue weighted by Gasteiger charge is 2.22. The Kier molecular flexibility index (Phi) is 5.32. The van der Waals surface area contributed by atoms with E-state index in [1.54, 1.807) is 0 Å². The van der Waals surface area contributed by atoms with E-state index in [0.29, 0.717) is 22.0 Å². The number of hydrogen-bond donors (Lipinski definition) is 1. The second-order valence-corrected chi connectivity index (χ2v) is 4.93. The third kappa shape index (κ3) is 4.18. The summed E-state index contributed by atoms with van der Waals surface area (Å²) in [6.45, 7) is 0.749. The number of rotatable bonds is 6. The van der Waals surface area contributed by atoms with Crippen molar-refractivity contribution in [1.82, 2.24) is 9.78 Å². The Morgan fingerprint density at radius 3 is 2.25 bits per heavy atom. The van der Waals surface area contributed by atoms with E-state index >= 15 is 0 Å². The predicted molar refractivity (Wildman–Crippen MR) is 77.2 cm³/mol. The number of nitrogens with one attached hydrogen (secondary N) is 1. The van der Waals surface area contributed by atoms with Gasteiger partial charge in [0.05, 0.1) is 0 Å². The van der Waals surface area contributed by atoms with Crippen molar-refractivity contribution in [1.29, 1.82) is 0 Å². The minimum absolute atomic E-state index is 0.148. The van der Waals surface area contributed by atoms with Gasteiger partial charge in [-0.3, -0.25) is 14.3 Å². The second-order valence-electron chi connectivity index (χ2n) is 4.93. The Labute approximate surface area is 134 Å². The number of nitrogens with zero attached hydrogens (tertiary/aromatic N) is 2. The van der Waals surface area contributed by atoms with E-state index in [0.717, 1.165) is 0 Å². The Morgan fingerprint density at radius 1 is 1.12 bits per heavy atom. The monoisotopic (exact) mass is 343 g/mol. The van der Waals surface area contributed by atoms with Crippen LogP contribution in [0, 0.1) is 0 Å². The van der Waals surface area contributed by atoms with Crippen molar-refractivity contribution in [3.63, 3.8) is 0 Å². The number of Topliss-reactive ketones (excluding diaryl/α,β-unsaturated/α-hetero) is 1. The van der Waals surface area contributed by atoms with Gasteiger partial charge in [-0.1, -0.05) is 0 Å². The zero-order chi connectivity index (χ0) is 17.9. The average molecular weight is 343 g/mol. The molecule has 2 rings (SSSR count). The third-order valence-corrected chi connectivity index (χ3v) is 3.15. The van der Waals surface area contributed by atoms with E-state index in [1.807, 2.05) is 0 Å². The van der Waals surface area contributed by atoms with Gasteiger partial charge in [-0.05, 0) is 37.3 Å². The molecule has 128 valence electrons. The van der Waals surface area contributed by atoms with Crippen LogP contribution in [-0.2, 0) is 11.3 Å². The van der Waals surface area contributed by atoms with Gasteiger partial charge in [0.25, 0.3) is 12.9 Å². The van der Waals surface area contributed by atoms with E-state index in [1.165, 1.54) is 31.2 Å². The molecule has 0 radical (unpaired) electrons. The largest absolute Gasteiger partial charge is 0.324 e. The van der Waals surface area contributed by atoms with Gasteiger partial charge in [-0.15, -0.1) is 0 Å². The summed E-state index contributed by atoms with van der Waals surface area (Å²) in [7, 11) is 0. The molecule has 1 amide bonds. The zero-order valence-electron chi connectivity index (χ0n) is 12.5. The maximum atomic E-state index is 12.8. The van der Waals surface area contributed by atoms with Gasteiger partial charge in [-0.2, -0.15) is 5.10 Å². The SMILES string of the molecule is CC(=O)c1ccc(NC(=O)Cn2nc(C(F)F)cc2C(F)F)cc1. The molecule has 0 aliphatic heterocycles. The molecular weight excluding hydrogens is 330 g/mol. The van der Waals surface area contributed by atoms with Crippen LogP contribution in [0.2, 0.25) is 0 Å². The van der Waals surface area contributed by atoms with Gasteiger partial charge in [-0.25, -0.2) is 17.6 Å². The van der Waals surface area contributed by atoms with Gasteiger partial charge < -0.3 is 5.32 Å². The minimum Gasteiger partial charge on any atom is -0.324 e. The van der Waals surface area contributed by atoms with Crippen LogP contribution in [0.25, 0.3) is 0 Å². The lowest BCUT2D eigenvalue weighted by molar-refractivity contribution is -0.117. The minimum atomic E-state index is -3.03. The van der Waals surface area contributed by atoms with E-state index in [2.05, 4.69) is 10.4 Å². The summed E-state index contributed by atoms with van der Waals surface area (Å²) < 4.78 is 51.3. The van der Waals surface area contributed by atoms with Crippen molar-refractivity contribution in [2.75, 3.05) is 5.32 Å². The first kappa shape index (κ1) is 17.6. The molecule has 0 unspecified atom stereocenters. The highest BCUT2D eigenvalue weighted by molar-refractivity contribution is 5.95. The summed E-state index contributed by atoms with van der Waals surface area (Å²) in [6, 6.07) is 6.49. The maximum absolute atomic E-state index is 12.8. The molecule has 0 spiro atoms. The fourth-order valence-corrected chi connectivity index (χ4v) is 1.99. The smallest absolute Gasteiger partial charge is 0.282 e. The molecule has 1 N–H and O–H groups in total. The molecule has 9 heteroatoms. The molecule has 1 heterocycles. The first-order valence-corrected chi connectivity index (χ1v) is 6.82. The standard InChI is InChI=1S/C15H13F4N3O2/c1-8(23)9-2-4-10(5-3-9)20-13(24)7-22-12(15(18)19)6-11(21-22)14(16)17/h2-6,14-15H,7H2,1H3,(H,20,24). The normalized spacial score (nSPS) is 11.1. The van der Waals surface area contributed by atoms with Crippen molar-refractivity contribution in [2.24, 2.45) is 0 Å². The summed E-state index contributed by atoms with van der Waals surface area (Å²) in [5, 5.41) is 5.75. The van der Waals surface area contributed by atoms with Crippen LogP contribution in [0.3, 0.4) is 0 Å². The first-order valence-electron chi connectivity index (χ1n) is 6.82. The van der Waals surface area contributed by atoms with Crippen molar-refractivity contribution in [3.8, 4) is 0 Å². The molecule has 2 aromatic rings. The van der Waals surface area contributed by atoms with Gasteiger partial charge in [0.2, 0.25) is 5.91 Å². The lowest BCUT2D eigenvalue weighted by Crippen LogP contribution is -2.21. The molecular formula is C15H13F4N3O2. The Balaban J connectivity index is 2.10. The quantitative estimate of drug-likeness (QED) is 0.644. The average Bonchev–Trinajstić information content (AvgIpc) is 2.92. The van der Waals surface area contributed by atoms with E-state index < -0.39 is 36.7 Å². The molecule has 1 aromatic heterocycles. The number of aromatic nitrogens is 2. The van der Waals surface area contributed by atoms with Gasteiger partial charge in [0.1, 0.15) is 17.9 Å². The molecule has 5 nitrogen and oxygen atoms in total. The number of amides is 1. The lowest BCUT2D eigenvalue weighted by Gasteiger charge is -2.08. The fourth-order valence-electron chi connectivity index (χ4n) is 1.99. The molecule has 0 bridgehead atoms. The molecule has 1 aromatic carbocycles. The third-order valence-electron chi connectivity index (χ3n) is 3.15. The number of carbonyl (C=O) groups excluding carboxylic acids is 2. The Morgan fingerprint density at radius 2 is 1.75 bits per heavy atom. The van der Waals surface area contributed by atoms with Crippen LogP contribution in [0.15, 0.2) is 30.3 Å². The van der Waals surface area contributed by atoms with Crippen LogP contribution >= 0.6 is 0 Å². The van der Waals surface area contributed by atoms with E-state index in [-0.39, 0.29) is 5.78 Å². The predicted octanol–water partition coefficient (Wildman–Crippen LogP) is 3.60. The lowest BCUT2D eigenvalue weighted by atomic mass is 10.1. The van der Waals surface area contributed by atoms with Gasteiger partial charge >= 0.3 is 0 Å². The Hall–Kier alpha value is -2.71. The maximum Gasteiger partial charge on any atom is 0.282 e. The molecule has 0 aliphatic rings. The number of carbonyl (C=O) groups is 2. The summed E-state index contributed by atoms with van der Waals surface area (Å²) >= 11 is 0. The summed E-state index contributed by atoms with van der Waals surface area (Å²) in [5.41, 5.74) is -0.789. The second kappa shape index (κ2) is 7.24. The van der Waals surface area contributed by atoms with Crippen LogP contribution in [-0.4, -0.2) is 21.5 Å². The van der Waals surface area contributed by atoms with Crippen molar-refractivity contribution in [2.45, 2.75) is 26.3 Å². The number of halogens is 4. The number of hydrogen-bond acceptors (Lipinski definition) is 3. The van der Waals surface area contributed by atoms with Crippen LogP contribution in [0.1, 0.15) is 41.5 Å². The number of anilines is 1. The summed E-state index contributed by atoms with van der Waals surface area (Å²) in [4.78, 5) is 23.0. The zero-order valence-corrected chi connectivity index (χ0v) is 12.5. The molecule has 0 atom stereocenters. The number of alkyl halides is 4. The molecule has 0 saturated carbocycles. The van der Waals surface area contributed by atoms with Crippen LogP contribution in [0.5, 0.6) is 0 Å². The highest BCUT2D eigenvalue weighted by Crippen LogP contribution is 2.25. The Bertz CT molecular complexity index is 742. The van der Waals surface area contributed by atoms with E-state index in [4.69, 9.17) is 0 Å². The first-order chi connectivity index (χ1) is 11.3. The topological polar surface area (TPSA) is 64.0 Å². The van der Waals surface area contributed by atoms with Gasteiger partial charge in [0.15, 0.2) is 5.78 Å². The fraction of sp³-hybridized carbons (Fsp3) is 0.267. The summed E-state index contributed by atoms with van der Waals surface area (Å²) in [6.07, 6.45) is -6.04. The number of ketones is 1. The molecule has 24 heavy (non-hydrogen) atoms. The van der Waals surface area contributed by atoms with Crippen molar-refractivity contribution >= 4 is 17.4 Å². The molecule has 0 fully saturated rings. The highest BCUT2D eigenvalue weighted by atomic mass is 19.3. The molecule has 0 saturated heterocycles. The van der Waals surface area contributed by atoms with Crippen LogP contribution < -0.4 is 5.32 Å². The van der Waals surface area contributed by atoms with Crippen LogP contribution in [0.4, 0.5) is 23.2 Å². The number of benzene rings is 1. The van der Waals surface area contributed by atoms with Crippen molar-refractivity contribution in [3.05, 3.63) is 47.3 Å². The van der Waals surface area contributed by atoms with Crippen molar-refractivity contribution < 1.29 is 27.2 Å². The summed E-state index contributed by atoms with van der Waals surface area (Å²) in [5.74, 6) is -0.859. The molecule has 0 aliphatic carbocycles.